The average molecular weight is 254 g/mol. The van der Waals surface area contributed by atoms with E-state index in [9.17, 15) is 4.39 Å². The van der Waals surface area contributed by atoms with Gasteiger partial charge in [-0.3, -0.25) is 11.3 Å². The molecule has 0 spiro atoms. The topological polar surface area (TPSA) is 47.3 Å². The highest BCUT2D eigenvalue weighted by molar-refractivity contribution is 5.27. The molecule has 1 aromatic rings. The molecule has 2 atom stereocenters. The summed E-state index contributed by atoms with van der Waals surface area (Å²) in [5.74, 6) is 5.83. The maximum atomic E-state index is 13.0. The van der Waals surface area contributed by atoms with Crippen molar-refractivity contribution in [3.8, 4) is 0 Å². The Hall–Kier alpha value is -0.970. The molecule has 102 valence electrons. The third-order valence-corrected chi connectivity index (χ3v) is 3.14. The molecule has 0 aliphatic heterocycles. The second-order valence-corrected chi connectivity index (χ2v) is 4.93. The smallest absolute Gasteiger partial charge is 0.123 e. The van der Waals surface area contributed by atoms with E-state index in [4.69, 9.17) is 10.6 Å². The van der Waals surface area contributed by atoms with Gasteiger partial charge in [0.2, 0.25) is 0 Å². The first-order chi connectivity index (χ1) is 8.56. The predicted octanol–water partition coefficient (Wildman–Crippen LogP) is 2.18. The predicted molar refractivity (Wildman–Crippen MR) is 71.6 cm³/mol. The van der Waals surface area contributed by atoms with E-state index in [1.54, 1.807) is 13.2 Å². The molecule has 18 heavy (non-hydrogen) atoms. The van der Waals surface area contributed by atoms with E-state index in [-0.39, 0.29) is 11.9 Å². The van der Waals surface area contributed by atoms with Crippen molar-refractivity contribution in [2.24, 2.45) is 11.8 Å². The van der Waals surface area contributed by atoms with E-state index in [1.807, 2.05) is 13.0 Å². The Morgan fingerprint density at radius 2 is 2.17 bits per heavy atom. The van der Waals surface area contributed by atoms with Crippen LogP contribution >= 0.6 is 0 Å². The summed E-state index contributed by atoms with van der Waals surface area (Å²) >= 11 is 0. The molecule has 0 saturated carbocycles. The van der Waals surface area contributed by atoms with E-state index < -0.39 is 0 Å². The molecule has 1 rings (SSSR count). The number of hydrogen-bond donors (Lipinski definition) is 2. The zero-order valence-electron chi connectivity index (χ0n) is 11.4. The fourth-order valence-electron chi connectivity index (χ4n) is 2.20. The van der Waals surface area contributed by atoms with Crippen molar-refractivity contribution < 1.29 is 9.13 Å². The van der Waals surface area contributed by atoms with Gasteiger partial charge in [0, 0.05) is 19.8 Å². The molecule has 0 bridgehead atoms. The number of benzene rings is 1. The Morgan fingerprint density at radius 3 is 2.72 bits per heavy atom. The third kappa shape index (κ3) is 4.72. The van der Waals surface area contributed by atoms with Gasteiger partial charge in [-0.25, -0.2) is 4.39 Å². The summed E-state index contributed by atoms with van der Waals surface area (Å²) in [6.45, 7) is 4.77. The maximum absolute atomic E-state index is 13.0. The van der Waals surface area contributed by atoms with Crippen molar-refractivity contribution >= 4 is 0 Å². The second kappa shape index (κ2) is 7.46. The standard InChI is InChI=1S/C14H23FN2O/c1-10(9-18-3)6-14(17-16)8-12-4-5-13(15)7-11(12)2/h4-5,7,10,14,17H,6,8-9,16H2,1-3H3. The van der Waals surface area contributed by atoms with Crippen molar-refractivity contribution in [2.45, 2.75) is 32.7 Å². The Morgan fingerprint density at radius 1 is 1.44 bits per heavy atom. The van der Waals surface area contributed by atoms with Gasteiger partial charge in [-0.1, -0.05) is 13.0 Å². The van der Waals surface area contributed by atoms with Crippen LogP contribution in [0.25, 0.3) is 0 Å². The number of nitrogens with one attached hydrogen (secondary N) is 1. The van der Waals surface area contributed by atoms with Crippen LogP contribution < -0.4 is 11.3 Å². The molecule has 0 saturated heterocycles. The first-order valence-corrected chi connectivity index (χ1v) is 6.27. The van der Waals surface area contributed by atoms with Gasteiger partial charge in [-0.15, -0.1) is 0 Å². The number of rotatable bonds is 7. The molecular weight excluding hydrogens is 231 g/mol. The lowest BCUT2D eigenvalue weighted by molar-refractivity contribution is 0.149. The first-order valence-electron chi connectivity index (χ1n) is 6.27. The molecule has 0 fully saturated rings. The van der Waals surface area contributed by atoms with Crippen molar-refractivity contribution in [3.05, 3.63) is 35.1 Å². The van der Waals surface area contributed by atoms with Crippen LogP contribution in [0.2, 0.25) is 0 Å². The summed E-state index contributed by atoms with van der Waals surface area (Å²) in [7, 11) is 1.70. The zero-order chi connectivity index (χ0) is 13.5. The average Bonchev–Trinajstić information content (AvgIpc) is 2.31. The number of methoxy groups -OCH3 is 1. The fourth-order valence-corrected chi connectivity index (χ4v) is 2.20. The van der Waals surface area contributed by atoms with Crippen molar-refractivity contribution in [1.82, 2.24) is 5.43 Å². The number of hydrogen-bond acceptors (Lipinski definition) is 3. The van der Waals surface area contributed by atoms with Crippen LogP contribution in [0.5, 0.6) is 0 Å². The second-order valence-electron chi connectivity index (χ2n) is 4.93. The molecule has 0 heterocycles. The van der Waals surface area contributed by atoms with E-state index in [0.29, 0.717) is 5.92 Å². The normalized spacial score (nSPS) is 14.5. The molecule has 0 aliphatic rings. The summed E-state index contributed by atoms with van der Waals surface area (Å²) in [4.78, 5) is 0. The molecule has 0 aliphatic carbocycles. The van der Waals surface area contributed by atoms with E-state index >= 15 is 0 Å². The van der Waals surface area contributed by atoms with Crippen LogP contribution in [0.1, 0.15) is 24.5 Å². The highest BCUT2D eigenvalue weighted by Gasteiger charge is 2.13. The molecule has 4 heteroatoms. The lowest BCUT2D eigenvalue weighted by Gasteiger charge is -2.20. The quantitative estimate of drug-likeness (QED) is 0.579. The third-order valence-electron chi connectivity index (χ3n) is 3.14. The maximum Gasteiger partial charge on any atom is 0.123 e. The van der Waals surface area contributed by atoms with Gasteiger partial charge in [0.25, 0.3) is 0 Å². The minimum absolute atomic E-state index is 0.180. The van der Waals surface area contributed by atoms with Gasteiger partial charge in [0.15, 0.2) is 0 Å². The van der Waals surface area contributed by atoms with Crippen LogP contribution in [0, 0.1) is 18.7 Å². The lowest BCUT2D eigenvalue weighted by Crippen LogP contribution is -2.38. The van der Waals surface area contributed by atoms with Crippen molar-refractivity contribution in [1.29, 1.82) is 0 Å². The summed E-state index contributed by atoms with van der Waals surface area (Å²) in [5.41, 5.74) is 4.93. The number of halogens is 1. The van der Waals surface area contributed by atoms with Crippen LogP contribution in [0.4, 0.5) is 4.39 Å². The molecular formula is C14H23FN2O. The monoisotopic (exact) mass is 254 g/mol. The van der Waals surface area contributed by atoms with Crippen molar-refractivity contribution in [3.63, 3.8) is 0 Å². The molecule has 0 radical (unpaired) electrons. The highest BCUT2D eigenvalue weighted by atomic mass is 19.1. The van der Waals surface area contributed by atoms with Crippen molar-refractivity contribution in [2.75, 3.05) is 13.7 Å². The first kappa shape index (κ1) is 15.1. The molecule has 1 aromatic carbocycles. The van der Waals surface area contributed by atoms with Crippen LogP contribution in [0.3, 0.4) is 0 Å². The zero-order valence-corrected chi connectivity index (χ0v) is 11.4. The minimum atomic E-state index is -0.193. The Kier molecular flexibility index (Phi) is 6.25. The van der Waals surface area contributed by atoms with Gasteiger partial charge in [0.05, 0.1) is 0 Å². The summed E-state index contributed by atoms with van der Waals surface area (Å²) in [6, 6.07) is 5.06. The Balaban J connectivity index is 2.62. The van der Waals surface area contributed by atoms with Crippen LogP contribution in [0.15, 0.2) is 18.2 Å². The van der Waals surface area contributed by atoms with E-state index in [0.717, 1.165) is 30.6 Å². The SMILES string of the molecule is COCC(C)CC(Cc1ccc(F)cc1C)NN. The number of ether oxygens (including phenoxy) is 1. The summed E-state index contributed by atoms with van der Waals surface area (Å²) in [5, 5.41) is 0. The summed E-state index contributed by atoms with van der Waals surface area (Å²) in [6.07, 6.45) is 1.73. The van der Waals surface area contributed by atoms with Crippen LogP contribution in [-0.4, -0.2) is 19.8 Å². The van der Waals surface area contributed by atoms with Crippen LogP contribution in [-0.2, 0) is 11.2 Å². The van der Waals surface area contributed by atoms with E-state index in [2.05, 4.69) is 12.3 Å². The molecule has 0 amide bonds. The highest BCUT2D eigenvalue weighted by Crippen LogP contribution is 2.15. The Labute approximate surface area is 108 Å². The Bertz CT molecular complexity index is 371. The summed E-state index contributed by atoms with van der Waals surface area (Å²) < 4.78 is 18.1. The molecule has 3 N–H and O–H groups in total. The molecule has 2 unspecified atom stereocenters. The number of aryl methyl sites for hydroxylation is 1. The minimum Gasteiger partial charge on any atom is -0.384 e. The van der Waals surface area contributed by atoms with Gasteiger partial charge in [-0.05, 0) is 48.9 Å². The van der Waals surface area contributed by atoms with Gasteiger partial charge in [0.1, 0.15) is 5.82 Å². The molecule has 3 nitrogen and oxygen atoms in total. The van der Waals surface area contributed by atoms with Gasteiger partial charge >= 0.3 is 0 Å². The fraction of sp³-hybridized carbons (Fsp3) is 0.571. The molecule has 0 aromatic heterocycles. The number of hydrazine groups is 1. The number of nitrogens with two attached hydrogens (primary N) is 1. The largest absolute Gasteiger partial charge is 0.384 e. The lowest BCUT2D eigenvalue weighted by atomic mass is 9.95. The van der Waals surface area contributed by atoms with Gasteiger partial charge < -0.3 is 4.74 Å². The van der Waals surface area contributed by atoms with Gasteiger partial charge in [-0.2, -0.15) is 0 Å². The van der Waals surface area contributed by atoms with E-state index in [1.165, 1.54) is 6.07 Å².